The molecule has 0 radical (unpaired) electrons. The van der Waals surface area contributed by atoms with Crippen LogP contribution in [0.2, 0.25) is 0 Å². The molecule has 3 amide bonds. The third kappa shape index (κ3) is 9.83. The number of carbonyl (C=O) groups is 5. The first kappa shape index (κ1) is 38.6. The lowest BCUT2D eigenvalue weighted by Crippen LogP contribution is -2.48. The van der Waals surface area contributed by atoms with E-state index in [0.29, 0.717) is 54.0 Å². The largest absolute Gasteiger partial charge is 0.478 e. The van der Waals surface area contributed by atoms with E-state index in [-0.39, 0.29) is 29.2 Å². The molecule has 3 aromatic rings. The molecule has 3 aliphatic heterocycles. The molecule has 3 aliphatic rings. The minimum Gasteiger partial charge on any atom is -0.478 e. The standard InChI is InChI=1S/C35H38F2N4O4.C4H4O4/c1-24-28(15-22-45-24)33(43)38-26-11-9-25(10-12-26)34(44)41-21-16-35(36,37)30(29-7-3-4-8-31(29)41)23-32(42)40-19-13-27(14-20-40)39-17-5-2-6-18-39;5-3(6)1-2-4(7)8/h3-4,7-12,15,22-23,27H,2,5-6,13-14,16-21H2,1H3,(H,38,43);1-2H,(H,5,6)(H,7,8)/b30-23-;2-1+. The van der Waals surface area contributed by atoms with Crippen molar-refractivity contribution < 1.29 is 47.4 Å². The highest BCUT2D eigenvalue weighted by atomic mass is 19.3. The van der Waals surface area contributed by atoms with Crippen LogP contribution in [0.1, 0.15) is 70.6 Å². The molecule has 2 saturated heterocycles. The van der Waals surface area contributed by atoms with Gasteiger partial charge in [0, 0.05) is 72.7 Å². The van der Waals surface area contributed by atoms with Crippen molar-refractivity contribution in [1.29, 1.82) is 0 Å². The lowest BCUT2D eigenvalue weighted by molar-refractivity contribution is -0.134. The number of carboxylic acids is 2. The van der Waals surface area contributed by atoms with E-state index in [1.165, 1.54) is 30.4 Å². The number of nitrogens with one attached hydrogen (secondary N) is 1. The summed E-state index contributed by atoms with van der Waals surface area (Å²) in [4.78, 5) is 64.3. The number of anilines is 2. The summed E-state index contributed by atoms with van der Waals surface area (Å²) in [5, 5.41) is 18.4. The second-order valence-electron chi connectivity index (χ2n) is 13.1. The van der Waals surface area contributed by atoms with E-state index in [4.69, 9.17) is 14.6 Å². The number of rotatable bonds is 7. The van der Waals surface area contributed by atoms with E-state index in [1.807, 2.05) is 0 Å². The first-order valence-corrected chi connectivity index (χ1v) is 17.5. The molecule has 280 valence electrons. The van der Waals surface area contributed by atoms with Crippen molar-refractivity contribution in [3.05, 3.63) is 102 Å². The van der Waals surface area contributed by atoms with Crippen molar-refractivity contribution >= 4 is 46.6 Å². The predicted octanol–water partition coefficient (Wildman–Crippen LogP) is 6.10. The first-order chi connectivity index (χ1) is 25.3. The van der Waals surface area contributed by atoms with Gasteiger partial charge in [-0.1, -0.05) is 24.6 Å². The van der Waals surface area contributed by atoms with E-state index < -0.39 is 36.1 Å². The van der Waals surface area contributed by atoms with Gasteiger partial charge in [0.1, 0.15) is 5.76 Å². The number of halogens is 2. The summed E-state index contributed by atoms with van der Waals surface area (Å²) in [6.45, 7) is 4.73. The summed E-state index contributed by atoms with van der Waals surface area (Å²) in [7, 11) is 0. The number of hydrogen-bond acceptors (Lipinski definition) is 7. The molecule has 0 saturated carbocycles. The molecular weight excluding hydrogens is 690 g/mol. The van der Waals surface area contributed by atoms with Crippen LogP contribution in [0.25, 0.3) is 5.57 Å². The van der Waals surface area contributed by atoms with Gasteiger partial charge in [0.05, 0.1) is 17.5 Å². The number of piperidine rings is 2. The van der Waals surface area contributed by atoms with Gasteiger partial charge in [-0.25, -0.2) is 18.4 Å². The van der Waals surface area contributed by atoms with E-state index >= 15 is 8.78 Å². The lowest BCUT2D eigenvalue weighted by atomic mass is 9.96. The average molecular weight is 733 g/mol. The second-order valence-corrected chi connectivity index (χ2v) is 13.1. The van der Waals surface area contributed by atoms with Gasteiger partial charge in [-0.3, -0.25) is 14.4 Å². The normalized spacial score (nSPS) is 18.4. The zero-order valence-electron chi connectivity index (χ0n) is 29.3. The molecule has 14 heteroatoms. The molecule has 6 rings (SSSR count). The fourth-order valence-corrected chi connectivity index (χ4v) is 6.80. The van der Waals surface area contributed by atoms with Gasteiger partial charge >= 0.3 is 11.9 Å². The highest BCUT2D eigenvalue weighted by Crippen LogP contribution is 2.43. The van der Waals surface area contributed by atoms with Gasteiger partial charge in [0.25, 0.3) is 17.7 Å². The molecule has 4 heterocycles. The molecular formula is C39H42F2N4O8. The summed E-state index contributed by atoms with van der Waals surface area (Å²) in [6.07, 6.45) is 8.37. The first-order valence-electron chi connectivity index (χ1n) is 17.5. The zero-order chi connectivity index (χ0) is 38.1. The van der Waals surface area contributed by atoms with Crippen LogP contribution < -0.4 is 10.2 Å². The maximum Gasteiger partial charge on any atom is 0.328 e. The van der Waals surface area contributed by atoms with Crippen molar-refractivity contribution in [3.8, 4) is 0 Å². The molecule has 0 atom stereocenters. The quantitative estimate of drug-likeness (QED) is 0.244. The number of benzene rings is 2. The Hall–Kier alpha value is -5.63. The maximum atomic E-state index is 15.8. The van der Waals surface area contributed by atoms with Crippen LogP contribution in [0.5, 0.6) is 0 Å². The summed E-state index contributed by atoms with van der Waals surface area (Å²) in [5.41, 5.74) is 1.31. The number of alkyl halides is 2. The van der Waals surface area contributed by atoms with E-state index in [1.54, 1.807) is 66.4 Å². The van der Waals surface area contributed by atoms with Gasteiger partial charge in [-0.2, -0.15) is 0 Å². The van der Waals surface area contributed by atoms with Crippen molar-refractivity contribution in [3.63, 3.8) is 0 Å². The number of carbonyl (C=O) groups excluding carboxylic acids is 3. The SMILES string of the molecule is Cc1occc1C(=O)Nc1ccc(C(=O)N2CCC(F)(F)/C(=C\C(=O)N3CCC(N4CCCCC4)CC3)c3ccccc32)cc1.O=C(O)/C=C/C(=O)O. The zero-order valence-corrected chi connectivity index (χ0v) is 29.3. The molecule has 53 heavy (non-hydrogen) atoms. The third-order valence-corrected chi connectivity index (χ3v) is 9.59. The number of nitrogens with zero attached hydrogens (tertiary/aromatic N) is 3. The topological polar surface area (TPSA) is 161 Å². The van der Waals surface area contributed by atoms with Gasteiger partial charge in [0.15, 0.2) is 0 Å². The molecule has 0 aliphatic carbocycles. The third-order valence-electron chi connectivity index (χ3n) is 9.59. The van der Waals surface area contributed by atoms with Crippen LogP contribution in [0.4, 0.5) is 20.2 Å². The van der Waals surface area contributed by atoms with Crippen molar-refractivity contribution in [2.24, 2.45) is 0 Å². The summed E-state index contributed by atoms with van der Waals surface area (Å²) in [5.74, 6) is -6.55. The van der Waals surface area contributed by atoms with Crippen molar-refractivity contribution in [1.82, 2.24) is 9.80 Å². The van der Waals surface area contributed by atoms with Crippen molar-refractivity contribution in [2.45, 2.75) is 57.4 Å². The number of aliphatic carboxylic acids is 2. The highest BCUT2D eigenvalue weighted by Gasteiger charge is 2.42. The Labute approximate surface area is 305 Å². The average Bonchev–Trinajstić information content (AvgIpc) is 3.55. The Balaban J connectivity index is 0.000000609. The smallest absolute Gasteiger partial charge is 0.328 e. The number of hydrogen-bond donors (Lipinski definition) is 3. The van der Waals surface area contributed by atoms with Crippen LogP contribution in [0.15, 0.2) is 83.5 Å². The molecule has 0 spiro atoms. The molecule has 0 unspecified atom stereocenters. The second kappa shape index (κ2) is 17.3. The molecule has 2 fully saturated rings. The monoisotopic (exact) mass is 732 g/mol. The highest BCUT2D eigenvalue weighted by molar-refractivity contribution is 6.10. The number of allylic oxidation sites excluding steroid dienone is 1. The van der Waals surface area contributed by atoms with Crippen molar-refractivity contribution in [2.75, 3.05) is 42.9 Å². The Bertz CT molecular complexity index is 1860. The van der Waals surface area contributed by atoms with Gasteiger partial charge in [-0.05, 0) is 82.1 Å². The number of fused-ring (bicyclic) bond motifs is 1. The predicted molar refractivity (Wildman–Crippen MR) is 193 cm³/mol. The number of aryl methyl sites for hydroxylation is 1. The Kier molecular flexibility index (Phi) is 12.6. The van der Waals surface area contributed by atoms with Crippen LogP contribution in [-0.2, 0) is 14.4 Å². The number of furan rings is 1. The summed E-state index contributed by atoms with van der Waals surface area (Å²) in [6, 6.07) is 14.8. The van der Waals surface area contributed by atoms with E-state index in [0.717, 1.165) is 32.0 Å². The fourth-order valence-electron chi connectivity index (χ4n) is 6.80. The molecule has 1 aromatic heterocycles. The number of carboxylic acid groups (broad SMARTS) is 2. The number of para-hydroxylation sites is 1. The van der Waals surface area contributed by atoms with Crippen LogP contribution in [0.3, 0.4) is 0 Å². The Morgan fingerprint density at radius 3 is 2.09 bits per heavy atom. The summed E-state index contributed by atoms with van der Waals surface area (Å²) < 4.78 is 36.7. The van der Waals surface area contributed by atoms with Gasteiger partial charge < -0.3 is 34.6 Å². The molecule has 2 aromatic carbocycles. The minimum atomic E-state index is -3.31. The number of amides is 3. The Morgan fingerprint density at radius 2 is 1.49 bits per heavy atom. The summed E-state index contributed by atoms with van der Waals surface area (Å²) >= 11 is 0. The van der Waals surface area contributed by atoms with Crippen LogP contribution in [-0.4, -0.2) is 94.4 Å². The molecule has 3 N–H and O–H groups in total. The minimum absolute atomic E-state index is 0.171. The Morgan fingerprint density at radius 1 is 0.849 bits per heavy atom. The number of likely N-dealkylation sites (tertiary alicyclic amines) is 2. The van der Waals surface area contributed by atoms with Gasteiger partial charge in [0.2, 0.25) is 5.91 Å². The molecule has 12 nitrogen and oxygen atoms in total. The fraction of sp³-hybridized carbons (Fsp3) is 0.359. The van der Waals surface area contributed by atoms with E-state index in [2.05, 4.69) is 10.2 Å². The maximum absolute atomic E-state index is 15.8. The van der Waals surface area contributed by atoms with Gasteiger partial charge in [-0.15, -0.1) is 0 Å². The van der Waals surface area contributed by atoms with Crippen LogP contribution >= 0.6 is 0 Å². The molecule has 0 bridgehead atoms. The lowest BCUT2D eigenvalue weighted by Gasteiger charge is -2.40. The van der Waals surface area contributed by atoms with Crippen LogP contribution in [0, 0.1) is 6.92 Å². The van der Waals surface area contributed by atoms with E-state index in [9.17, 15) is 24.0 Å².